The molecule has 0 aliphatic heterocycles. The molecule has 2 N–H and O–H groups in total. The van der Waals surface area contributed by atoms with E-state index in [1.807, 2.05) is 13.0 Å². The van der Waals surface area contributed by atoms with Crippen LogP contribution in [0.5, 0.6) is 5.75 Å². The first-order valence-corrected chi connectivity index (χ1v) is 8.10. The molecule has 0 heterocycles. The third-order valence-corrected chi connectivity index (χ3v) is 3.59. The number of hydrogen-bond acceptors (Lipinski definition) is 6. The quantitative estimate of drug-likeness (QED) is 0.335. The van der Waals surface area contributed by atoms with Crippen LogP contribution < -0.4 is 15.4 Å². The number of ether oxygens (including phenoxy) is 1. The van der Waals surface area contributed by atoms with E-state index < -0.39 is 10.8 Å². The molecular weight excluding hydrogens is 348 g/mol. The maximum Gasteiger partial charge on any atom is 0.292 e. The average molecular weight is 366 g/mol. The van der Waals surface area contributed by atoms with Gasteiger partial charge in [-0.15, -0.1) is 0 Å². The van der Waals surface area contributed by atoms with Gasteiger partial charge in [0, 0.05) is 18.8 Å². The number of carbonyl (C=O) groups is 1. The van der Waals surface area contributed by atoms with Crippen molar-refractivity contribution >= 4 is 29.0 Å². The zero-order valence-electron chi connectivity index (χ0n) is 14.9. The first-order valence-electron chi connectivity index (χ1n) is 8.10. The maximum absolute atomic E-state index is 12.3. The van der Waals surface area contributed by atoms with Crippen LogP contribution in [0.2, 0.25) is 0 Å². The van der Waals surface area contributed by atoms with Crippen molar-refractivity contribution < 1.29 is 14.5 Å². The Morgan fingerprint density at radius 1 is 1.30 bits per heavy atom. The van der Waals surface area contributed by atoms with Gasteiger partial charge < -0.3 is 15.4 Å². The van der Waals surface area contributed by atoms with Crippen molar-refractivity contribution in [3.05, 3.63) is 63.7 Å². The van der Waals surface area contributed by atoms with E-state index >= 15 is 0 Å². The van der Waals surface area contributed by atoms with E-state index in [2.05, 4.69) is 10.6 Å². The molecule has 0 radical (unpaired) electrons. The summed E-state index contributed by atoms with van der Waals surface area (Å²) in [7, 11) is 1.57. The maximum atomic E-state index is 12.3. The van der Waals surface area contributed by atoms with Crippen molar-refractivity contribution in [3.63, 3.8) is 0 Å². The largest absolute Gasteiger partial charge is 0.494 e. The summed E-state index contributed by atoms with van der Waals surface area (Å²) in [5, 5.41) is 25.7. The zero-order chi connectivity index (χ0) is 19.8. The van der Waals surface area contributed by atoms with Crippen LogP contribution in [-0.2, 0) is 4.79 Å². The molecular formula is C19H18N4O4. The summed E-state index contributed by atoms with van der Waals surface area (Å²) in [6, 6.07) is 12.9. The van der Waals surface area contributed by atoms with Crippen molar-refractivity contribution in [1.29, 1.82) is 5.26 Å². The minimum atomic E-state index is -0.609. The van der Waals surface area contributed by atoms with Crippen LogP contribution in [0.25, 0.3) is 6.08 Å². The smallest absolute Gasteiger partial charge is 0.292 e. The predicted molar refractivity (Wildman–Crippen MR) is 102 cm³/mol. The lowest BCUT2D eigenvalue weighted by Gasteiger charge is -2.07. The number of nitro groups is 1. The summed E-state index contributed by atoms with van der Waals surface area (Å²) in [4.78, 5) is 22.9. The molecule has 0 bridgehead atoms. The fourth-order valence-corrected chi connectivity index (χ4v) is 2.32. The highest BCUT2D eigenvalue weighted by atomic mass is 16.6. The van der Waals surface area contributed by atoms with Gasteiger partial charge in [-0.3, -0.25) is 14.9 Å². The van der Waals surface area contributed by atoms with Crippen molar-refractivity contribution in [3.8, 4) is 11.8 Å². The normalized spacial score (nSPS) is 10.6. The summed E-state index contributed by atoms with van der Waals surface area (Å²) >= 11 is 0. The van der Waals surface area contributed by atoms with Gasteiger partial charge in [-0.1, -0.05) is 6.07 Å². The SMILES string of the molecule is CCOc1ccc(NC(=O)/C(C#N)=C/c2ccc(NC)c([N+](=O)[O-])c2)cc1. The van der Waals surface area contributed by atoms with E-state index in [0.29, 0.717) is 29.3 Å². The van der Waals surface area contributed by atoms with Gasteiger partial charge in [-0.25, -0.2) is 0 Å². The third-order valence-electron chi connectivity index (χ3n) is 3.59. The molecule has 0 saturated heterocycles. The Balaban J connectivity index is 2.22. The third kappa shape index (κ3) is 5.06. The topological polar surface area (TPSA) is 117 Å². The molecule has 0 atom stereocenters. The Bertz CT molecular complexity index is 914. The molecule has 2 rings (SSSR count). The van der Waals surface area contributed by atoms with Gasteiger partial charge in [0.15, 0.2) is 0 Å². The lowest BCUT2D eigenvalue weighted by molar-refractivity contribution is -0.384. The van der Waals surface area contributed by atoms with E-state index in [4.69, 9.17) is 4.74 Å². The number of nitrogens with one attached hydrogen (secondary N) is 2. The number of benzene rings is 2. The molecule has 0 saturated carbocycles. The van der Waals surface area contributed by atoms with Crippen molar-refractivity contribution in [2.75, 3.05) is 24.3 Å². The first-order chi connectivity index (χ1) is 13.0. The fraction of sp³-hybridized carbons (Fsp3) is 0.158. The second kappa shape index (κ2) is 9.01. The standard InChI is InChI=1S/C19H18N4O4/c1-3-27-16-7-5-15(6-8-16)22-19(24)14(12-20)10-13-4-9-17(21-2)18(11-13)23(25)26/h4-11,21H,3H2,1-2H3,(H,22,24)/b14-10+. The molecule has 0 aromatic heterocycles. The molecule has 2 aromatic rings. The van der Waals surface area contributed by atoms with Crippen molar-refractivity contribution in [1.82, 2.24) is 0 Å². The van der Waals surface area contributed by atoms with Gasteiger partial charge >= 0.3 is 0 Å². The summed E-state index contributed by atoms with van der Waals surface area (Å²) in [5.74, 6) is 0.0606. The van der Waals surface area contributed by atoms with E-state index in [1.165, 1.54) is 18.2 Å². The predicted octanol–water partition coefficient (Wildman–Crippen LogP) is 3.58. The highest BCUT2D eigenvalue weighted by Gasteiger charge is 2.15. The van der Waals surface area contributed by atoms with Gasteiger partial charge in [-0.05, 0) is 48.9 Å². The number of anilines is 2. The zero-order valence-corrected chi connectivity index (χ0v) is 14.9. The molecule has 2 aromatic carbocycles. The van der Waals surface area contributed by atoms with Crippen LogP contribution in [-0.4, -0.2) is 24.5 Å². The molecule has 138 valence electrons. The highest BCUT2D eigenvalue weighted by molar-refractivity contribution is 6.09. The summed E-state index contributed by atoms with van der Waals surface area (Å²) in [5.41, 5.74) is 0.903. The fourth-order valence-electron chi connectivity index (χ4n) is 2.32. The molecule has 8 nitrogen and oxygen atoms in total. The second-order valence-corrected chi connectivity index (χ2v) is 5.37. The Hall–Kier alpha value is -3.86. The molecule has 0 aliphatic carbocycles. The van der Waals surface area contributed by atoms with Crippen LogP contribution in [0.3, 0.4) is 0 Å². The van der Waals surface area contributed by atoms with Gasteiger partial charge in [0.2, 0.25) is 0 Å². The summed E-state index contributed by atoms with van der Waals surface area (Å²) in [6.45, 7) is 2.40. The Morgan fingerprint density at radius 3 is 2.56 bits per heavy atom. The summed E-state index contributed by atoms with van der Waals surface area (Å²) < 4.78 is 5.33. The second-order valence-electron chi connectivity index (χ2n) is 5.37. The highest BCUT2D eigenvalue weighted by Crippen LogP contribution is 2.26. The van der Waals surface area contributed by atoms with Crippen LogP contribution in [0, 0.1) is 21.4 Å². The van der Waals surface area contributed by atoms with Crippen LogP contribution >= 0.6 is 0 Å². The Labute approximate surface area is 156 Å². The molecule has 0 fully saturated rings. The lowest BCUT2D eigenvalue weighted by Crippen LogP contribution is -2.13. The lowest BCUT2D eigenvalue weighted by atomic mass is 10.1. The number of nitrogens with zero attached hydrogens (tertiary/aromatic N) is 2. The number of rotatable bonds is 7. The number of carbonyl (C=O) groups excluding carboxylic acids is 1. The Kier molecular flexibility index (Phi) is 6.49. The first kappa shape index (κ1) is 19.5. The molecule has 0 aliphatic rings. The number of hydrogen-bond donors (Lipinski definition) is 2. The molecule has 0 spiro atoms. The minimum Gasteiger partial charge on any atom is -0.494 e. The average Bonchev–Trinajstić information content (AvgIpc) is 2.67. The van der Waals surface area contributed by atoms with E-state index in [-0.39, 0.29) is 11.3 Å². The monoisotopic (exact) mass is 366 g/mol. The molecule has 1 amide bonds. The number of amides is 1. The minimum absolute atomic E-state index is 0.143. The molecule has 0 unspecified atom stereocenters. The van der Waals surface area contributed by atoms with Gasteiger partial charge in [0.05, 0.1) is 11.5 Å². The number of nitriles is 1. The van der Waals surface area contributed by atoms with Gasteiger partial charge in [0.25, 0.3) is 11.6 Å². The summed E-state index contributed by atoms with van der Waals surface area (Å²) in [6.07, 6.45) is 1.30. The van der Waals surface area contributed by atoms with Crippen molar-refractivity contribution in [2.45, 2.75) is 6.92 Å². The van der Waals surface area contributed by atoms with Gasteiger partial charge in [-0.2, -0.15) is 5.26 Å². The van der Waals surface area contributed by atoms with Crippen molar-refractivity contribution in [2.24, 2.45) is 0 Å². The van der Waals surface area contributed by atoms with E-state index in [9.17, 15) is 20.2 Å². The van der Waals surface area contributed by atoms with Crippen LogP contribution in [0.1, 0.15) is 12.5 Å². The van der Waals surface area contributed by atoms with E-state index in [1.54, 1.807) is 37.4 Å². The van der Waals surface area contributed by atoms with Crippen LogP contribution in [0.4, 0.5) is 17.1 Å². The van der Waals surface area contributed by atoms with Crippen LogP contribution in [0.15, 0.2) is 48.0 Å². The molecule has 27 heavy (non-hydrogen) atoms. The number of nitro benzene ring substituents is 1. The van der Waals surface area contributed by atoms with Gasteiger partial charge in [0.1, 0.15) is 23.1 Å². The molecule has 8 heteroatoms. The Morgan fingerprint density at radius 2 is 2.00 bits per heavy atom. The van der Waals surface area contributed by atoms with E-state index in [0.717, 1.165) is 0 Å².